The Morgan fingerprint density at radius 1 is 1.40 bits per heavy atom. The fourth-order valence-corrected chi connectivity index (χ4v) is 1.64. The van der Waals surface area contributed by atoms with Crippen LogP contribution in [0.1, 0.15) is 32.0 Å². The van der Waals surface area contributed by atoms with Crippen LogP contribution in [-0.4, -0.2) is 25.1 Å². The second kappa shape index (κ2) is 4.77. The summed E-state index contributed by atoms with van der Waals surface area (Å²) < 4.78 is 1.34. The molecule has 0 unspecified atom stereocenters. The molecule has 8 heteroatoms. The van der Waals surface area contributed by atoms with Crippen LogP contribution >= 0.6 is 0 Å². The Bertz CT molecular complexity index is 696. The van der Waals surface area contributed by atoms with Crippen molar-refractivity contribution < 1.29 is 5.11 Å². The van der Waals surface area contributed by atoms with Crippen LogP contribution in [0.25, 0.3) is 0 Å². The molecule has 0 saturated carbocycles. The molecule has 8 nitrogen and oxygen atoms in total. The van der Waals surface area contributed by atoms with Gasteiger partial charge in [0.05, 0.1) is 11.9 Å². The second-order valence-corrected chi connectivity index (χ2v) is 5.34. The van der Waals surface area contributed by atoms with Crippen molar-refractivity contribution in [1.29, 1.82) is 5.26 Å². The van der Waals surface area contributed by atoms with Gasteiger partial charge < -0.3 is 5.11 Å². The van der Waals surface area contributed by atoms with Gasteiger partial charge >= 0.3 is 0 Å². The van der Waals surface area contributed by atoms with Crippen LogP contribution in [0.2, 0.25) is 0 Å². The van der Waals surface area contributed by atoms with E-state index in [1.165, 1.54) is 10.9 Å². The number of azo groups is 1. The second-order valence-electron chi connectivity index (χ2n) is 5.34. The van der Waals surface area contributed by atoms with E-state index in [0.717, 1.165) is 0 Å². The molecule has 0 aromatic carbocycles. The third-order valence-corrected chi connectivity index (χ3v) is 2.69. The molecule has 0 amide bonds. The molecule has 0 aliphatic rings. The van der Waals surface area contributed by atoms with Gasteiger partial charge in [0.2, 0.25) is 5.88 Å². The third kappa shape index (κ3) is 2.38. The maximum atomic E-state index is 9.99. The first-order valence-electron chi connectivity index (χ1n) is 5.96. The maximum absolute atomic E-state index is 9.99. The van der Waals surface area contributed by atoms with Crippen molar-refractivity contribution in [3.63, 3.8) is 0 Å². The number of nitrogens with one attached hydrogen (secondary N) is 1. The van der Waals surface area contributed by atoms with Crippen LogP contribution < -0.4 is 0 Å². The fraction of sp³-hybridized carbons (Fsp3) is 0.417. The molecule has 104 valence electrons. The number of hydrogen-bond acceptors (Lipinski definition) is 6. The average Bonchev–Trinajstić information content (AvgIpc) is 2.93. The number of rotatable bonds is 2. The van der Waals surface area contributed by atoms with Gasteiger partial charge in [0.1, 0.15) is 11.6 Å². The Hall–Kier alpha value is -2.69. The summed E-state index contributed by atoms with van der Waals surface area (Å²) in [7, 11) is 1.63. The van der Waals surface area contributed by atoms with E-state index in [9.17, 15) is 5.11 Å². The van der Waals surface area contributed by atoms with E-state index in [0.29, 0.717) is 11.4 Å². The minimum absolute atomic E-state index is 0.0725. The molecular weight excluding hydrogens is 258 g/mol. The highest BCUT2D eigenvalue weighted by Crippen LogP contribution is 2.38. The predicted molar refractivity (Wildman–Crippen MR) is 71.1 cm³/mol. The number of hydrogen-bond donors (Lipinski definition) is 2. The molecule has 2 rings (SSSR count). The number of aromatic hydroxyl groups is 1. The summed E-state index contributed by atoms with van der Waals surface area (Å²) >= 11 is 0. The minimum Gasteiger partial charge on any atom is -0.492 e. The van der Waals surface area contributed by atoms with Gasteiger partial charge in [-0.05, 0) is 0 Å². The van der Waals surface area contributed by atoms with Crippen LogP contribution in [0, 0.1) is 11.3 Å². The average molecular weight is 273 g/mol. The predicted octanol–water partition coefficient (Wildman–Crippen LogP) is 2.43. The van der Waals surface area contributed by atoms with Gasteiger partial charge in [-0.15, -0.1) is 10.2 Å². The van der Waals surface area contributed by atoms with Gasteiger partial charge in [-0.3, -0.25) is 5.10 Å². The highest BCUT2D eigenvalue weighted by molar-refractivity contribution is 5.54. The van der Waals surface area contributed by atoms with Gasteiger partial charge in [0.15, 0.2) is 11.5 Å². The lowest BCUT2D eigenvalue weighted by molar-refractivity contribution is 0.419. The van der Waals surface area contributed by atoms with Crippen LogP contribution in [0.5, 0.6) is 5.88 Å². The molecule has 0 fully saturated rings. The minimum atomic E-state index is -0.293. The number of nitrogens with zero attached hydrogens (tertiary/aromatic N) is 6. The van der Waals surface area contributed by atoms with Crippen LogP contribution in [0.3, 0.4) is 0 Å². The largest absolute Gasteiger partial charge is 0.492 e. The molecule has 0 aliphatic heterocycles. The van der Waals surface area contributed by atoms with E-state index < -0.39 is 0 Å². The maximum Gasteiger partial charge on any atom is 0.238 e. The number of aromatic nitrogens is 4. The molecule has 2 aromatic rings. The van der Waals surface area contributed by atoms with Crippen LogP contribution in [0.4, 0.5) is 11.5 Å². The lowest BCUT2D eigenvalue weighted by Gasteiger charge is -2.14. The number of aromatic amines is 1. The molecule has 20 heavy (non-hydrogen) atoms. The van der Waals surface area contributed by atoms with Crippen molar-refractivity contribution in [2.45, 2.75) is 26.2 Å². The molecule has 0 bridgehead atoms. The Balaban J connectivity index is 2.47. The third-order valence-electron chi connectivity index (χ3n) is 2.69. The Kier molecular flexibility index (Phi) is 3.28. The van der Waals surface area contributed by atoms with Crippen molar-refractivity contribution in [2.24, 2.45) is 17.3 Å². The monoisotopic (exact) mass is 273 g/mol. The summed E-state index contributed by atoms with van der Waals surface area (Å²) in [5, 5.41) is 37.3. The molecule has 0 spiro atoms. The summed E-state index contributed by atoms with van der Waals surface area (Å²) in [5.74, 6) is 0.173. The number of aryl methyl sites for hydroxylation is 1. The van der Waals surface area contributed by atoms with Gasteiger partial charge in [-0.2, -0.15) is 15.5 Å². The topological polar surface area (TPSA) is 115 Å². The smallest absolute Gasteiger partial charge is 0.238 e. The van der Waals surface area contributed by atoms with E-state index in [1.807, 2.05) is 26.8 Å². The molecule has 0 atom stereocenters. The molecule has 0 aliphatic carbocycles. The highest BCUT2D eigenvalue weighted by atomic mass is 16.3. The Morgan fingerprint density at radius 2 is 2.10 bits per heavy atom. The van der Waals surface area contributed by atoms with E-state index >= 15 is 0 Å². The first-order valence-corrected chi connectivity index (χ1v) is 5.96. The quantitative estimate of drug-likeness (QED) is 0.817. The lowest BCUT2D eigenvalue weighted by Crippen LogP contribution is -2.12. The van der Waals surface area contributed by atoms with Gasteiger partial charge in [-0.1, -0.05) is 20.8 Å². The lowest BCUT2D eigenvalue weighted by atomic mass is 9.91. The van der Waals surface area contributed by atoms with Crippen LogP contribution in [-0.2, 0) is 12.5 Å². The normalized spacial score (nSPS) is 11.9. The zero-order chi connectivity index (χ0) is 14.9. The molecule has 0 radical (unpaired) electrons. The molecule has 2 aromatic heterocycles. The number of nitriles is 1. The highest BCUT2D eigenvalue weighted by Gasteiger charge is 2.26. The summed E-state index contributed by atoms with van der Waals surface area (Å²) in [6, 6.07) is 1.95. The standard InChI is InChI=1S/C12H15N7O/c1-12(2,3)9-8(11(20)19(4)18-9)15-17-10-7(5-13)6-14-16-10/h6,20H,1-4H3,(H,14,16)/b17-15+. The fourth-order valence-electron chi connectivity index (χ4n) is 1.64. The van der Waals surface area contributed by atoms with Crippen molar-refractivity contribution >= 4 is 11.5 Å². The van der Waals surface area contributed by atoms with Crippen molar-refractivity contribution in [2.75, 3.05) is 0 Å². The van der Waals surface area contributed by atoms with Crippen molar-refractivity contribution in [3.05, 3.63) is 17.5 Å². The Labute approximate surface area is 115 Å². The van der Waals surface area contributed by atoms with Gasteiger partial charge in [-0.25, -0.2) is 4.68 Å². The number of H-pyrrole nitrogens is 1. The van der Waals surface area contributed by atoms with Gasteiger partial charge in [0, 0.05) is 12.5 Å². The summed E-state index contributed by atoms with van der Waals surface area (Å²) in [4.78, 5) is 0. The van der Waals surface area contributed by atoms with E-state index in [2.05, 4.69) is 25.5 Å². The van der Waals surface area contributed by atoms with E-state index in [1.54, 1.807) is 7.05 Å². The summed E-state index contributed by atoms with van der Waals surface area (Å²) in [6.45, 7) is 5.89. The van der Waals surface area contributed by atoms with Crippen molar-refractivity contribution in [1.82, 2.24) is 20.0 Å². The Morgan fingerprint density at radius 3 is 2.70 bits per heavy atom. The van der Waals surface area contributed by atoms with E-state index in [4.69, 9.17) is 5.26 Å². The van der Waals surface area contributed by atoms with Crippen LogP contribution in [0.15, 0.2) is 16.4 Å². The van der Waals surface area contributed by atoms with E-state index in [-0.39, 0.29) is 22.7 Å². The summed E-state index contributed by atoms with van der Waals surface area (Å²) in [6.07, 6.45) is 1.36. The molecular formula is C12H15N7O. The summed E-state index contributed by atoms with van der Waals surface area (Å²) in [5.41, 5.74) is 0.909. The zero-order valence-electron chi connectivity index (χ0n) is 11.7. The first kappa shape index (κ1) is 13.7. The molecule has 2 heterocycles. The van der Waals surface area contributed by atoms with Gasteiger partial charge in [0.25, 0.3) is 0 Å². The zero-order valence-corrected chi connectivity index (χ0v) is 11.7. The molecule has 0 saturated heterocycles. The SMILES string of the molecule is Cn1nc(C(C)(C)C)c(/N=N/c2[nH]ncc2C#N)c1O. The molecule has 2 N–H and O–H groups in total. The van der Waals surface area contributed by atoms with Crippen molar-refractivity contribution in [3.8, 4) is 11.9 Å². The first-order chi connectivity index (χ1) is 9.34.